The second-order valence-corrected chi connectivity index (χ2v) is 15.2. The van der Waals surface area contributed by atoms with Crippen molar-refractivity contribution in [2.75, 3.05) is 205 Å². The number of rotatable bonds is 61. The van der Waals surface area contributed by atoms with E-state index in [4.69, 9.17) is 81.3 Å². The molecule has 0 aliphatic rings. The lowest BCUT2D eigenvalue weighted by Crippen LogP contribution is -2.15. The van der Waals surface area contributed by atoms with E-state index in [9.17, 15) is 9.90 Å². The average molecular weight is 963 g/mol. The monoisotopic (exact) mass is 963 g/mol. The van der Waals surface area contributed by atoms with Gasteiger partial charge in [-0.1, -0.05) is 57.8 Å². The van der Waals surface area contributed by atoms with Crippen molar-refractivity contribution in [1.29, 1.82) is 0 Å². The van der Waals surface area contributed by atoms with Crippen LogP contribution >= 0.6 is 0 Å². The Hall–Kier alpha value is -1.21. The van der Waals surface area contributed by atoms with Crippen molar-refractivity contribution < 1.29 is 91.2 Å². The molecule has 0 saturated carbocycles. The highest BCUT2D eigenvalue weighted by atomic mass is 16.6. The van der Waals surface area contributed by atoms with E-state index in [1.54, 1.807) is 0 Å². The van der Waals surface area contributed by atoms with Gasteiger partial charge in [-0.2, -0.15) is 0 Å². The largest absolute Gasteiger partial charge is 0.481 e. The van der Waals surface area contributed by atoms with E-state index in [0.717, 1.165) is 83.7 Å². The van der Waals surface area contributed by atoms with Crippen molar-refractivity contribution >= 4 is 5.97 Å². The molecule has 0 aromatic carbocycles. The van der Waals surface area contributed by atoms with Gasteiger partial charge in [-0.25, -0.2) is 0 Å². The Bertz CT molecular complexity index is 896. The second kappa shape index (κ2) is 59.9. The predicted octanol–water partition coefficient (Wildman–Crippen LogP) is 4.13. The van der Waals surface area contributed by atoms with Crippen molar-refractivity contribution in [2.45, 2.75) is 96.0 Å². The van der Waals surface area contributed by atoms with Crippen LogP contribution in [0.2, 0.25) is 0 Å². The zero-order chi connectivity index (χ0) is 47.6. The molecule has 0 aliphatic carbocycles. The topological polar surface area (TPSA) is 216 Å². The Balaban J connectivity index is 3.11. The van der Waals surface area contributed by atoms with E-state index < -0.39 is 5.97 Å². The van der Waals surface area contributed by atoms with Crippen LogP contribution in [-0.4, -0.2) is 232 Å². The third kappa shape index (κ3) is 60.8. The van der Waals surface area contributed by atoms with Gasteiger partial charge in [0.25, 0.3) is 0 Å². The molecular weight excluding hydrogens is 868 g/mol. The fourth-order valence-electron chi connectivity index (χ4n) is 5.87. The molecule has 0 unspecified atom stereocenters. The molecule has 0 rings (SSSR count). The summed E-state index contributed by atoms with van der Waals surface area (Å²) in [6.07, 6.45) is 13.6. The predicted molar refractivity (Wildman–Crippen MR) is 248 cm³/mol. The van der Waals surface area contributed by atoms with Gasteiger partial charge in [0.2, 0.25) is 0 Å². The molecule has 0 fully saturated rings. The van der Waals surface area contributed by atoms with Crippen molar-refractivity contribution in [3.05, 3.63) is 0 Å². The van der Waals surface area contributed by atoms with Crippen LogP contribution in [0.3, 0.4) is 0 Å². The van der Waals surface area contributed by atoms with Crippen molar-refractivity contribution in [1.82, 2.24) is 0 Å². The Morgan fingerprint density at radius 1 is 0.273 bits per heavy atom. The van der Waals surface area contributed by atoms with Crippen LogP contribution in [0.15, 0.2) is 0 Å². The molecule has 0 aliphatic heterocycles. The number of aliphatic carboxylic acids is 1. The molecule has 0 aromatic rings. The summed E-state index contributed by atoms with van der Waals surface area (Å²) >= 11 is 0. The molecule has 66 heavy (non-hydrogen) atoms. The van der Waals surface area contributed by atoms with E-state index in [2.05, 4.69) is 0 Å². The SMILES string of the molecule is O=C(O)CCCCCCCCC[C@H](O)CCCCCCOCCOCCOCCOCCOCCOCCOCCOCCOCCOCCOCCOCCOCCOCCOCCO. The summed E-state index contributed by atoms with van der Waals surface area (Å²) in [6, 6.07) is 0. The molecule has 1 atom stereocenters. The first-order valence-electron chi connectivity index (χ1n) is 24.8. The highest BCUT2D eigenvalue weighted by Crippen LogP contribution is 2.14. The Labute approximate surface area is 397 Å². The molecule has 0 saturated heterocycles. The van der Waals surface area contributed by atoms with Gasteiger partial charge in [-0.15, -0.1) is 0 Å². The van der Waals surface area contributed by atoms with Crippen LogP contribution in [-0.2, 0) is 75.8 Å². The minimum Gasteiger partial charge on any atom is -0.481 e. The molecule has 0 spiro atoms. The Kier molecular flexibility index (Phi) is 58.8. The Morgan fingerprint density at radius 2 is 0.470 bits per heavy atom. The summed E-state index contributed by atoms with van der Waals surface area (Å²) < 4.78 is 82.1. The zero-order valence-corrected chi connectivity index (χ0v) is 40.8. The fraction of sp³-hybridized carbons (Fsp3) is 0.979. The standard InChI is InChI=1S/C47H94O19/c48-15-17-53-19-21-55-23-25-57-27-29-59-31-33-61-35-37-63-39-41-65-43-45-66-44-42-64-40-38-62-36-34-60-32-30-58-28-26-56-24-22-54-20-18-52-16-11-7-6-9-13-46(49)12-8-4-2-1-3-5-10-14-47(50)51/h46,48-49H,1-45H2,(H,50,51)/t46-/m0/s1. The van der Waals surface area contributed by atoms with Gasteiger partial charge in [-0.05, 0) is 25.7 Å². The number of hydrogen-bond donors (Lipinski definition) is 3. The summed E-state index contributed by atoms with van der Waals surface area (Å²) in [7, 11) is 0. The van der Waals surface area contributed by atoms with Crippen molar-refractivity contribution in [3.8, 4) is 0 Å². The number of carboxylic acids is 1. The summed E-state index contributed by atoms with van der Waals surface area (Å²) in [5.41, 5.74) is 0. The summed E-state index contributed by atoms with van der Waals surface area (Å²) in [4.78, 5) is 10.5. The van der Waals surface area contributed by atoms with Gasteiger partial charge in [0.15, 0.2) is 0 Å². The van der Waals surface area contributed by atoms with E-state index in [1.165, 1.54) is 6.42 Å². The van der Waals surface area contributed by atoms with Gasteiger partial charge >= 0.3 is 5.97 Å². The maximum atomic E-state index is 10.5. The van der Waals surface area contributed by atoms with Gasteiger partial charge in [0.1, 0.15) is 0 Å². The highest BCUT2D eigenvalue weighted by molar-refractivity contribution is 5.66. The second-order valence-electron chi connectivity index (χ2n) is 15.2. The zero-order valence-electron chi connectivity index (χ0n) is 40.8. The van der Waals surface area contributed by atoms with E-state index in [1.807, 2.05) is 0 Å². The van der Waals surface area contributed by atoms with Gasteiger partial charge < -0.3 is 86.4 Å². The van der Waals surface area contributed by atoms with Gasteiger partial charge in [0, 0.05) is 13.0 Å². The molecule has 0 bridgehead atoms. The summed E-state index contributed by atoms with van der Waals surface area (Å²) in [6.45, 7) is 15.1. The van der Waals surface area contributed by atoms with Gasteiger partial charge in [0.05, 0.1) is 204 Å². The maximum Gasteiger partial charge on any atom is 0.303 e. The average Bonchev–Trinajstić information content (AvgIpc) is 3.31. The maximum absolute atomic E-state index is 10.5. The van der Waals surface area contributed by atoms with E-state index >= 15 is 0 Å². The third-order valence-electron chi connectivity index (χ3n) is 9.45. The Morgan fingerprint density at radius 3 is 0.712 bits per heavy atom. The first-order chi connectivity index (χ1) is 32.7. The number of aliphatic hydroxyl groups excluding tert-OH is 2. The number of carbonyl (C=O) groups is 1. The number of unbranched alkanes of at least 4 members (excludes halogenated alkanes) is 9. The molecule has 19 heteroatoms. The number of ether oxygens (including phenoxy) is 15. The van der Waals surface area contributed by atoms with Crippen LogP contribution in [0, 0.1) is 0 Å². The van der Waals surface area contributed by atoms with Crippen LogP contribution < -0.4 is 0 Å². The van der Waals surface area contributed by atoms with E-state index in [-0.39, 0.29) is 19.1 Å². The number of hydrogen-bond acceptors (Lipinski definition) is 18. The van der Waals surface area contributed by atoms with Crippen LogP contribution in [0.5, 0.6) is 0 Å². The van der Waals surface area contributed by atoms with Crippen LogP contribution in [0.4, 0.5) is 0 Å². The lowest BCUT2D eigenvalue weighted by molar-refractivity contribution is -0.137. The minimum atomic E-state index is -0.704. The molecule has 19 nitrogen and oxygen atoms in total. The number of aliphatic hydroxyl groups is 2. The smallest absolute Gasteiger partial charge is 0.303 e. The molecular formula is C47H94O19. The molecule has 0 radical (unpaired) electrons. The minimum absolute atomic E-state index is 0.0197. The first kappa shape index (κ1) is 64.8. The fourth-order valence-corrected chi connectivity index (χ4v) is 5.87. The quantitative estimate of drug-likeness (QED) is 0.0731. The van der Waals surface area contributed by atoms with E-state index in [0.29, 0.717) is 192 Å². The van der Waals surface area contributed by atoms with Crippen LogP contribution in [0.25, 0.3) is 0 Å². The highest BCUT2D eigenvalue weighted by Gasteiger charge is 2.05. The molecule has 396 valence electrons. The molecule has 0 amide bonds. The first-order valence-corrected chi connectivity index (χ1v) is 24.8. The lowest BCUT2D eigenvalue weighted by atomic mass is 10.0. The van der Waals surface area contributed by atoms with Crippen molar-refractivity contribution in [2.24, 2.45) is 0 Å². The summed E-state index contributed by atoms with van der Waals surface area (Å²) in [5, 5.41) is 27.4. The van der Waals surface area contributed by atoms with Gasteiger partial charge in [-0.3, -0.25) is 4.79 Å². The normalized spacial score (nSPS) is 12.2. The third-order valence-corrected chi connectivity index (χ3v) is 9.45. The number of carboxylic acid groups (broad SMARTS) is 1. The molecule has 3 N–H and O–H groups in total. The molecule has 0 heterocycles. The lowest BCUT2D eigenvalue weighted by Gasteiger charge is -2.10. The van der Waals surface area contributed by atoms with Crippen molar-refractivity contribution in [3.63, 3.8) is 0 Å². The van der Waals surface area contributed by atoms with Crippen LogP contribution in [0.1, 0.15) is 89.9 Å². The molecule has 0 aromatic heterocycles. The summed E-state index contributed by atoms with van der Waals surface area (Å²) in [5.74, 6) is -0.704.